The molecule has 0 aliphatic carbocycles. The number of hydrogen-bond acceptors (Lipinski definition) is 3. The molecule has 2 amide bonds. The number of likely N-dealkylation sites (tertiary alicyclic amines) is 1. The minimum absolute atomic E-state index is 0.0343. The number of benzene rings is 2. The molecule has 0 aromatic heterocycles. The topological polar surface area (TPSA) is 52.7 Å². The summed E-state index contributed by atoms with van der Waals surface area (Å²) in [7, 11) is 4.08. The van der Waals surface area contributed by atoms with Crippen molar-refractivity contribution in [1.29, 1.82) is 0 Å². The van der Waals surface area contributed by atoms with Gasteiger partial charge >= 0.3 is 0 Å². The minimum atomic E-state index is -0.253. The third-order valence-electron chi connectivity index (χ3n) is 5.09. The van der Waals surface area contributed by atoms with E-state index in [1.54, 1.807) is 0 Å². The summed E-state index contributed by atoms with van der Waals surface area (Å²) in [6.45, 7) is 2.57. The van der Waals surface area contributed by atoms with Crippen molar-refractivity contribution in [1.82, 2.24) is 15.1 Å². The average Bonchev–Trinajstić information content (AvgIpc) is 3.07. The molecule has 2 aromatic carbocycles. The Kier molecular flexibility index (Phi) is 6.82. The van der Waals surface area contributed by atoms with E-state index >= 15 is 0 Å². The lowest BCUT2D eigenvalue weighted by atomic mass is 10.1. The number of nitrogens with one attached hydrogen (secondary N) is 1. The Hall–Kier alpha value is -2.66. The van der Waals surface area contributed by atoms with E-state index in [4.69, 9.17) is 0 Å². The summed E-state index contributed by atoms with van der Waals surface area (Å²) >= 11 is 0. The van der Waals surface area contributed by atoms with Gasteiger partial charge in [-0.1, -0.05) is 54.6 Å². The van der Waals surface area contributed by atoms with Gasteiger partial charge in [0.25, 0.3) is 0 Å². The highest BCUT2D eigenvalue weighted by atomic mass is 16.2. The first kappa shape index (κ1) is 20.1. The van der Waals surface area contributed by atoms with Crippen molar-refractivity contribution in [3.63, 3.8) is 0 Å². The van der Waals surface area contributed by atoms with E-state index in [0.29, 0.717) is 26.1 Å². The summed E-state index contributed by atoms with van der Waals surface area (Å²) in [5.74, 6) is -0.215. The molecule has 1 fully saturated rings. The quantitative estimate of drug-likeness (QED) is 0.767. The van der Waals surface area contributed by atoms with Crippen molar-refractivity contribution in [2.24, 2.45) is 5.92 Å². The fraction of sp³-hybridized carbons (Fsp3) is 0.391. The highest BCUT2D eigenvalue weighted by Gasteiger charge is 2.33. The number of hydrogen-bond donors (Lipinski definition) is 1. The number of rotatable bonds is 8. The molecular formula is C23H29N3O2. The Bertz CT molecular complexity index is 787. The molecule has 148 valence electrons. The van der Waals surface area contributed by atoms with Crippen LogP contribution in [-0.4, -0.2) is 48.8 Å². The van der Waals surface area contributed by atoms with Gasteiger partial charge in [-0.05, 0) is 37.2 Å². The van der Waals surface area contributed by atoms with Crippen LogP contribution in [0.3, 0.4) is 0 Å². The van der Waals surface area contributed by atoms with E-state index in [1.165, 1.54) is 11.1 Å². The molecule has 0 radical (unpaired) electrons. The molecule has 1 saturated heterocycles. The molecule has 1 N–H and O–H groups in total. The van der Waals surface area contributed by atoms with E-state index in [-0.39, 0.29) is 17.7 Å². The van der Waals surface area contributed by atoms with Crippen molar-refractivity contribution in [2.45, 2.75) is 25.9 Å². The molecule has 5 nitrogen and oxygen atoms in total. The standard InChI is InChI=1S/C23H29N3O2/c1-25(2)16-20-10-8-19(9-11-20)15-24-23(28)21-14-22(27)26(17-21)13-12-18-6-4-3-5-7-18/h3-11,21H,12-17H2,1-2H3,(H,24,28). The molecule has 5 heteroatoms. The molecule has 1 heterocycles. The first-order valence-electron chi connectivity index (χ1n) is 9.83. The smallest absolute Gasteiger partial charge is 0.225 e. The predicted octanol–water partition coefficient (Wildman–Crippen LogP) is 2.46. The van der Waals surface area contributed by atoms with E-state index in [0.717, 1.165) is 18.5 Å². The van der Waals surface area contributed by atoms with Gasteiger partial charge in [-0.3, -0.25) is 9.59 Å². The molecular weight excluding hydrogens is 350 g/mol. The molecule has 2 aromatic rings. The van der Waals surface area contributed by atoms with Crippen molar-refractivity contribution in [3.8, 4) is 0 Å². The van der Waals surface area contributed by atoms with Crippen LogP contribution < -0.4 is 5.32 Å². The molecule has 0 saturated carbocycles. The molecule has 3 rings (SSSR count). The molecule has 1 unspecified atom stereocenters. The number of carbonyl (C=O) groups excluding carboxylic acids is 2. The highest BCUT2D eigenvalue weighted by molar-refractivity contribution is 5.89. The zero-order valence-corrected chi connectivity index (χ0v) is 16.7. The Labute approximate surface area is 167 Å². The molecule has 1 aliphatic rings. The second kappa shape index (κ2) is 9.51. The van der Waals surface area contributed by atoms with Gasteiger partial charge in [0.2, 0.25) is 11.8 Å². The lowest BCUT2D eigenvalue weighted by molar-refractivity contribution is -0.129. The number of amides is 2. The van der Waals surface area contributed by atoms with Crippen LogP contribution in [0.2, 0.25) is 0 Å². The molecule has 1 aliphatic heterocycles. The zero-order valence-electron chi connectivity index (χ0n) is 16.7. The van der Waals surface area contributed by atoms with Crippen LogP contribution in [0.4, 0.5) is 0 Å². The lowest BCUT2D eigenvalue weighted by Gasteiger charge is -2.16. The summed E-state index contributed by atoms with van der Waals surface area (Å²) < 4.78 is 0. The second-order valence-corrected chi connectivity index (χ2v) is 7.75. The van der Waals surface area contributed by atoms with Gasteiger partial charge in [0.05, 0.1) is 5.92 Å². The fourth-order valence-corrected chi connectivity index (χ4v) is 3.53. The van der Waals surface area contributed by atoms with Crippen LogP contribution in [0.15, 0.2) is 54.6 Å². The molecule has 28 heavy (non-hydrogen) atoms. The zero-order chi connectivity index (χ0) is 19.9. The summed E-state index contributed by atoms with van der Waals surface area (Å²) in [5.41, 5.74) is 3.53. The van der Waals surface area contributed by atoms with Crippen molar-refractivity contribution in [3.05, 3.63) is 71.3 Å². The maximum Gasteiger partial charge on any atom is 0.225 e. The molecule has 1 atom stereocenters. The van der Waals surface area contributed by atoms with Crippen LogP contribution in [0, 0.1) is 5.92 Å². The first-order valence-corrected chi connectivity index (χ1v) is 9.83. The van der Waals surface area contributed by atoms with Crippen LogP contribution in [0.5, 0.6) is 0 Å². The minimum Gasteiger partial charge on any atom is -0.352 e. The third-order valence-corrected chi connectivity index (χ3v) is 5.09. The monoisotopic (exact) mass is 379 g/mol. The SMILES string of the molecule is CN(C)Cc1ccc(CNC(=O)C2CC(=O)N(CCc3ccccc3)C2)cc1. The third kappa shape index (κ3) is 5.67. The van der Waals surface area contributed by atoms with Gasteiger partial charge in [-0.2, -0.15) is 0 Å². The Balaban J connectivity index is 1.45. The fourth-order valence-electron chi connectivity index (χ4n) is 3.53. The second-order valence-electron chi connectivity index (χ2n) is 7.75. The van der Waals surface area contributed by atoms with Crippen LogP contribution in [-0.2, 0) is 29.1 Å². The van der Waals surface area contributed by atoms with E-state index < -0.39 is 0 Å². The van der Waals surface area contributed by atoms with Crippen LogP contribution in [0.1, 0.15) is 23.1 Å². The van der Waals surface area contributed by atoms with Crippen LogP contribution in [0.25, 0.3) is 0 Å². The first-order chi connectivity index (χ1) is 13.5. The largest absolute Gasteiger partial charge is 0.352 e. The van der Waals surface area contributed by atoms with E-state index in [1.807, 2.05) is 49.3 Å². The summed E-state index contributed by atoms with van der Waals surface area (Å²) in [6.07, 6.45) is 1.13. The summed E-state index contributed by atoms with van der Waals surface area (Å²) in [5, 5.41) is 2.99. The van der Waals surface area contributed by atoms with Crippen molar-refractivity contribution in [2.75, 3.05) is 27.2 Å². The van der Waals surface area contributed by atoms with Gasteiger partial charge in [-0.15, -0.1) is 0 Å². The molecule has 0 bridgehead atoms. The highest BCUT2D eigenvalue weighted by Crippen LogP contribution is 2.19. The summed E-state index contributed by atoms with van der Waals surface area (Å²) in [4.78, 5) is 28.7. The Morgan fingerprint density at radius 2 is 1.71 bits per heavy atom. The summed E-state index contributed by atoms with van der Waals surface area (Å²) in [6, 6.07) is 18.4. The van der Waals surface area contributed by atoms with E-state index in [2.05, 4.69) is 34.5 Å². The maximum atomic E-state index is 12.5. The lowest BCUT2D eigenvalue weighted by Crippen LogP contribution is -2.33. The number of carbonyl (C=O) groups is 2. The Morgan fingerprint density at radius 3 is 2.39 bits per heavy atom. The van der Waals surface area contributed by atoms with Gasteiger partial charge in [0.15, 0.2) is 0 Å². The Morgan fingerprint density at radius 1 is 1.04 bits per heavy atom. The number of nitrogens with zero attached hydrogens (tertiary/aromatic N) is 2. The average molecular weight is 380 g/mol. The predicted molar refractivity (Wildman–Crippen MR) is 111 cm³/mol. The van der Waals surface area contributed by atoms with Gasteiger partial charge in [0, 0.05) is 32.6 Å². The van der Waals surface area contributed by atoms with Crippen molar-refractivity contribution < 1.29 is 9.59 Å². The van der Waals surface area contributed by atoms with Crippen molar-refractivity contribution >= 4 is 11.8 Å². The maximum absolute atomic E-state index is 12.5. The van der Waals surface area contributed by atoms with Gasteiger partial charge < -0.3 is 15.1 Å². The van der Waals surface area contributed by atoms with Gasteiger partial charge in [-0.25, -0.2) is 0 Å². The van der Waals surface area contributed by atoms with Gasteiger partial charge in [0.1, 0.15) is 0 Å². The van der Waals surface area contributed by atoms with E-state index in [9.17, 15) is 9.59 Å². The van der Waals surface area contributed by atoms with Crippen LogP contribution >= 0.6 is 0 Å². The normalized spacial score (nSPS) is 16.6. The molecule has 0 spiro atoms.